The number of piperazine rings is 1. The number of benzene rings is 1. The Balaban J connectivity index is 1.64. The number of nitrogens with one attached hydrogen (secondary N) is 1. The molecule has 7 nitrogen and oxygen atoms in total. The zero-order chi connectivity index (χ0) is 21.0. The van der Waals surface area contributed by atoms with Crippen molar-refractivity contribution in [3.63, 3.8) is 0 Å². The highest BCUT2D eigenvalue weighted by Crippen LogP contribution is 2.26. The molecule has 0 aliphatic carbocycles. The molecular formula is C21H25ClN4O3. The number of aryl methyl sites for hydroxylation is 1. The van der Waals surface area contributed by atoms with Crippen molar-refractivity contribution < 1.29 is 14.3 Å². The van der Waals surface area contributed by atoms with Crippen LogP contribution in [0.25, 0.3) is 0 Å². The zero-order valence-electron chi connectivity index (χ0n) is 16.8. The zero-order valence-corrected chi connectivity index (χ0v) is 17.6. The first-order valence-corrected chi connectivity index (χ1v) is 9.89. The molecule has 0 spiro atoms. The maximum Gasteiger partial charge on any atom is 0.272 e. The van der Waals surface area contributed by atoms with E-state index in [2.05, 4.69) is 15.2 Å². The Morgan fingerprint density at radius 3 is 2.62 bits per heavy atom. The molecule has 8 heteroatoms. The minimum absolute atomic E-state index is 0.134. The molecule has 0 bridgehead atoms. The third kappa shape index (κ3) is 5.46. The normalized spacial score (nSPS) is 15.7. The number of aromatic nitrogens is 1. The lowest BCUT2D eigenvalue weighted by Gasteiger charge is -2.32. The molecule has 2 aromatic rings. The van der Waals surface area contributed by atoms with Gasteiger partial charge in [0, 0.05) is 38.1 Å². The van der Waals surface area contributed by atoms with Crippen LogP contribution in [0.5, 0.6) is 5.75 Å². The number of ether oxygens (including phenoxy) is 1. The third-order valence-electron chi connectivity index (χ3n) is 4.80. The van der Waals surface area contributed by atoms with Gasteiger partial charge in [0.15, 0.2) is 6.10 Å². The first-order chi connectivity index (χ1) is 13.8. The monoisotopic (exact) mass is 416 g/mol. The molecule has 1 aromatic carbocycles. The summed E-state index contributed by atoms with van der Waals surface area (Å²) in [4.78, 5) is 33.3. The summed E-state index contributed by atoms with van der Waals surface area (Å²) in [6.45, 7) is 6.55. The molecule has 1 atom stereocenters. The van der Waals surface area contributed by atoms with Crippen molar-refractivity contribution in [2.45, 2.75) is 20.0 Å². The lowest BCUT2D eigenvalue weighted by molar-refractivity contribution is -0.122. The topological polar surface area (TPSA) is 74.8 Å². The molecule has 2 amide bonds. The Kier molecular flexibility index (Phi) is 6.71. The van der Waals surface area contributed by atoms with Gasteiger partial charge < -0.3 is 19.9 Å². The molecule has 0 unspecified atom stereocenters. The van der Waals surface area contributed by atoms with Crippen molar-refractivity contribution in [3.05, 3.63) is 52.8 Å². The molecule has 0 saturated carbocycles. The van der Waals surface area contributed by atoms with Gasteiger partial charge in [-0.1, -0.05) is 17.7 Å². The summed E-state index contributed by atoms with van der Waals surface area (Å²) >= 11 is 6.13. The minimum atomic E-state index is -0.765. The maximum absolute atomic E-state index is 12.7. The van der Waals surface area contributed by atoms with E-state index in [1.54, 1.807) is 36.1 Å². The van der Waals surface area contributed by atoms with Crippen LogP contribution in [-0.4, -0.2) is 65.9 Å². The van der Waals surface area contributed by atoms with Crippen molar-refractivity contribution in [3.8, 4) is 5.75 Å². The van der Waals surface area contributed by atoms with Crippen LogP contribution in [0.2, 0.25) is 5.02 Å². The number of rotatable bonds is 5. The molecule has 1 aromatic heterocycles. The fourth-order valence-corrected chi connectivity index (χ4v) is 3.15. The molecule has 3 rings (SSSR count). The molecule has 154 valence electrons. The standard InChI is InChI=1S/C21H25ClN4O3/c1-14-4-5-17(22)19(12-14)29-15(2)20(27)24-16-6-7-23-18(13-16)21(28)26-10-8-25(3)9-11-26/h4-7,12-13,15H,8-11H2,1-3H3,(H,23,24,27)/t15-/m0/s1. The first kappa shape index (κ1) is 21.1. The number of anilines is 1. The average molecular weight is 417 g/mol. The SMILES string of the molecule is Cc1ccc(Cl)c(O[C@@H](C)C(=O)Nc2ccnc(C(=O)N3CCN(C)CC3)c2)c1. The van der Waals surface area contributed by atoms with Gasteiger partial charge in [0.1, 0.15) is 11.4 Å². The van der Waals surface area contributed by atoms with Gasteiger partial charge in [-0.2, -0.15) is 0 Å². The number of hydrogen-bond donors (Lipinski definition) is 1. The van der Waals surface area contributed by atoms with E-state index in [4.69, 9.17) is 16.3 Å². The molecule has 29 heavy (non-hydrogen) atoms. The first-order valence-electron chi connectivity index (χ1n) is 9.51. The van der Waals surface area contributed by atoms with Gasteiger partial charge in [-0.05, 0) is 50.7 Å². The Morgan fingerprint density at radius 1 is 1.17 bits per heavy atom. The summed E-state index contributed by atoms with van der Waals surface area (Å²) in [5.41, 5.74) is 1.79. The lowest BCUT2D eigenvalue weighted by Crippen LogP contribution is -2.47. The van der Waals surface area contributed by atoms with Crippen LogP contribution in [0.15, 0.2) is 36.5 Å². The Hall–Kier alpha value is -2.64. The molecule has 0 radical (unpaired) electrons. The van der Waals surface area contributed by atoms with E-state index >= 15 is 0 Å². The molecule has 1 aliphatic heterocycles. The molecular weight excluding hydrogens is 392 g/mol. The second-order valence-electron chi connectivity index (χ2n) is 7.21. The summed E-state index contributed by atoms with van der Waals surface area (Å²) in [6, 6.07) is 8.62. The number of halogens is 1. The van der Waals surface area contributed by atoms with Crippen molar-refractivity contribution in [1.82, 2.24) is 14.8 Å². The average Bonchev–Trinajstić information content (AvgIpc) is 2.71. The molecule has 1 fully saturated rings. The number of hydrogen-bond acceptors (Lipinski definition) is 5. The lowest BCUT2D eigenvalue weighted by atomic mass is 10.2. The summed E-state index contributed by atoms with van der Waals surface area (Å²) in [6.07, 6.45) is 0.751. The van der Waals surface area contributed by atoms with Gasteiger partial charge >= 0.3 is 0 Å². The molecule has 1 N–H and O–H groups in total. The van der Waals surface area contributed by atoms with E-state index in [0.29, 0.717) is 35.2 Å². The molecule has 2 heterocycles. The third-order valence-corrected chi connectivity index (χ3v) is 5.11. The summed E-state index contributed by atoms with van der Waals surface area (Å²) < 4.78 is 5.70. The second kappa shape index (κ2) is 9.24. The number of pyridine rings is 1. The van der Waals surface area contributed by atoms with Gasteiger partial charge in [-0.15, -0.1) is 0 Å². The van der Waals surface area contributed by atoms with Crippen LogP contribution in [0, 0.1) is 6.92 Å². The fraction of sp³-hybridized carbons (Fsp3) is 0.381. The predicted octanol–water partition coefficient (Wildman–Crippen LogP) is 2.84. The Morgan fingerprint density at radius 2 is 1.90 bits per heavy atom. The Labute approximate surface area is 175 Å². The predicted molar refractivity (Wildman–Crippen MR) is 113 cm³/mol. The van der Waals surface area contributed by atoms with Gasteiger partial charge in [0.25, 0.3) is 11.8 Å². The van der Waals surface area contributed by atoms with Crippen molar-refractivity contribution in [1.29, 1.82) is 0 Å². The van der Waals surface area contributed by atoms with Crippen LogP contribution in [0.4, 0.5) is 5.69 Å². The number of amides is 2. The van der Waals surface area contributed by atoms with Crippen LogP contribution in [-0.2, 0) is 4.79 Å². The fourth-order valence-electron chi connectivity index (χ4n) is 2.99. The van der Waals surface area contributed by atoms with Gasteiger partial charge in [-0.25, -0.2) is 0 Å². The molecule has 1 aliphatic rings. The number of nitrogens with zero attached hydrogens (tertiary/aromatic N) is 3. The highest BCUT2D eigenvalue weighted by atomic mass is 35.5. The van der Waals surface area contributed by atoms with Gasteiger partial charge in [-0.3, -0.25) is 14.6 Å². The van der Waals surface area contributed by atoms with Crippen molar-refractivity contribution >= 4 is 29.1 Å². The van der Waals surface area contributed by atoms with Crippen molar-refractivity contribution in [2.75, 3.05) is 38.5 Å². The minimum Gasteiger partial charge on any atom is -0.479 e. The van der Waals surface area contributed by atoms with E-state index in [0.717, 1.165) is 18.7 Å². The van der Waals surface area contributed by atoms with E-state index in [1.165, 1.54) is 6.20 Å². The van der Waals surface area contributed by atoms with Gasteiger partial charge in [0.05, 0.1) is 5.02 Å². The van der Waals surface area contributed by atoms with Crippen LogP contribution >= 0.6 is 11.6 Å². The van der Waals surface area contributed by atoms with Crippen LogP contribution in [0.1, 0.15) is 23.0 Å². The Bertz CT molecular complexity index is 897. The smallest absolute Gasteiger partial charge is 0.272 e. The van der Waals surface area contributed by atoms with Crippen LogP contribution < -0.4 is 10.1 Å². The van der Waals surface area contributed by atoms with Crippen molar-refractivity contribution in [2.24, 2.45) is 0 Å². The van der Waals surface area contributed by atoms with Crippen LogP contribution in [0.3, 0.4) is 0 Å². The van der Waals surface area contributed by atoms with E-state index in [-0.39, 0.29) is 11.8 Å². The number of likely N-dealkylation sites (N-methyl/N-ethyl adjacent to an activating group) is 1. The second-order valence-corrected chi connectivity index (χ2v) is 7.62. The number of carbonyl (C=O) groups is 2. The quantitative estimate of drug-likeness (QED) is 0.811. The van der Waals surface area contributed by atoms with E-state index in [1.807, 2.05) is 20.0 Å². The summed E-state index contributed by atoms with van der Waals surface area (Å²) in [7, 11) is 2.03. The van der Waals surface area contributed by atoms with Gasteiger partial charge in [0.2, 0.25) is 0 Å². The summed E-state index contributed by atoms with van der Waals surface area (Å²) in [5, 5.41) is 3.22. The maximum atomic E-state index is 12.7. The molecule has 1 saturated heterocycles. The largest absolute Gasteiger partial charge is 0.479 e. The van der Waals surface area contributed by atoms with E-state index < -0.39 is 6.10 Å². The van der Waals surface area contributed by atoms with E-state index in [9.17, 15) is 9.59 Å². The highest BCUT2D eigenvalue weighted by molar-refractivity contribution is 6.32. The summed E-state index contributed by atoms with van der Waals surface area (Å²) in [5.74, 6) is -0.0215. The number of carbonyl (C=O) groups excluding carboxylic acids is 2. The highest BCUT2D eigenvalue weighted by Gasteiger charge is 2.22.